The second kappa shape index (κ2) is 10.0. The summed E-state index contributed by atoms with van der Waals surface area (Å²) in [6.07, 6.45) is 7.59. The van der Waals surface area contributed by atoms with Crippen molar-refractivity contribution in [2.75, 3.05) is 13.1 Å². The zero-order valence-electron chi connectivity index (χ0n) is 18.9. The lowest BCUT2D eigenvalue weighted by Crippen LogP contribution is -2.42. The van der Waals surface area contributed by atoms with E-state index < -0.39 is 0 Å². The molecule has 0 aliphatic carbocycles. The van der Waals surface area contributed by atoms with E-state index in [0.29, 0.717) is 6.54 Å². The van der Waals surface area contributed by atoms with E-state index in [0.717, 1.165) is 44.6 Å². The SMILES string of the molecule is O=C(NCc1cccc(Cn2ccnc2)c1)C1CCCN(Cc2cccc3ccccc23)C1. The average Bonchev–Trinajstić information content (AvgIpc) is 3.36. The number of hydrogen-bond acceptors (Lipinski definition) is 3. The Morgan fingerprint density at radius 3 is 2.76 bits per heavy atom. The molecule has 4 aromatic rings. The van der Waals surface area contributed by atoms with Crippen LogP contribution in [0.1, 0.15) is 29.5 Å². The van der Waals surface area contributed by atoms with Gasteiger partial charge in [-0.05, 0) is 46.8 Å². The lowest BCUT2D eigenvalue weighted by molar-refractivity contribution is -0.126. The standard InChI is InChI=1S/C28H30N4O/c33-28(30-17-22-6-3-7-23(16-22)18-32-15-13-29-21-32)26-11-5-14-31(20-26)19-25-10-4-9-24-8-1-2-12-27(24)25/h1-4,6-10,12-13,15-16,21,26H,5,11,14,17-20H2,(H,30,33). The summed E-state index contributed by atoms with van der Waals surface area (Å²) in [4.78, 5) is 19.5. The molecule has 2 heterocycles. The summed E-state index contributed by atoms with van der Waals surface area (Å²) in [7, 11) is 0. The summed E-state index contributed by atoms with van der Waals surface area (Å²) < 4.78 is 2.05. The van der Waals surface area contributed by atoms with E-state index in [9.17, 15) is 4.79 Å². The van der Waals surface area contributed by atoms with Crippen molar-refractivity contribution < 1.29 is 4.79 Å². The maximum Gasteiger partial charge on any atom is 0.224 e. The van der Waals surface area contributed by atoms with Crippen molar-refractivity contribution in [1.82, 2.24) is 19.8 Å². The van der Waals surface area contributed by atoms with Gasteiger partial charge in [0.05, 0.1) is 12.2 Å². The predicted molar refractivity (Wildman–Crippen MR) is 132 cm³/mol. The van der Waals surface area contributed by atoms with Gasteiger partial charge < -0.3 is 9.88 Å². The Labute approximate surface area is 195 Å². The predicted octanol–water partition coefficient (Wildman–Crippen LogP) is 4.61. The van der Waals surface area contributed by atoms with Crippen molar-refractivity contribution in [3.05, 3.63) is 102 Å². The summed E-state index contributed by atoms with van der Waals surface area (Å²) in [6, 6.07) is 23.4. The van der Waals surface area contributed by atoms with Crippen molar-refractivity contribution in [2.24, 2.45) is 5.92 Å². The Balaban J connectivity index is 1.17. The van der Waals surface area contributed by atoms with Gasteiger partial charge in [-0.2, -0.15) is 0 Å². The van der Waals surface area contributed by atoms with Gasteiger partial charge in [-0.25, -0.2) is 4.98 Å². The highest BCUT2D eigenvalue weighted by Crippen LogP contribution is 2.23. The molecule has 168 valence electrons. The fourth-order valence-corrected chi connectivity index (χ4v) is 4.85. The Morgan fingerprint density at radius 2 is 1.85 bits per heavy atom. The number of aromatic nitrogens is 2. The number of amides is 1. The number of nitrogens with zero attached hydrogens (tertiary/aromatic N) is 3. The topological polar surface area (TPSA) is 50.2 Å². The van der Waals surface area contributed by atoms with Gasteiger partial charge in [-0.15, -0.1) is 0 Å². The molecule has 1 unspecified atom stereocenters. The minimum absolute atomic E-state index is 0.0443. The lowest BCUT2D eigenvalue weighted by atomic mass is 9.96. The van der Waals surface area contributed by atoms with Crippen molar-refractivity contribution >= 4 is 16.7 Å². The summed E-state index contributed by atoms with van der Waals surface area (Å²) in [6.45, 7) is 4.10. The molecule has 5 rings (SSSR count). The smallest absolute Gasteiger partial charge is 0.224 e. The van der Waals surface area contributed by atoms with E-state index in [1.807, 2.05) is 17.1 Å². The van der Waals surface area contributed by atoms with E-state index >= 15 is 0 Å². The van der Waals surface area contributed by atoms with Crippen molar-refractivity contribution in [1.29, 1.82) is 0 Å². The van der Waals surface area contributed by atoms with Crippen LogP contribution in [-0.4, -0.2) is 33.4 Å². The van der Waals surface area contributed by atoms with Crippen LogP contribution >= 0.6 is 0 Å². The molecule has 1 amide bonds. The number of imidazole rings is 1. The van der Waals surface area contributed by atoms with Crippen LogP contribution in [0, 0.1) is 5.92 Å². The zero-order chi connectivity index (χ0) is 22.5. The third-order valence-electron chi connectivity index (χ3n) is 6.53. The van der Waals surface area contributed by atoms with Crippen molar-refractivity contribution in [3.8, 4) is 0 Å². The summed E-state index contributed by atoms with van der Waals surface area (Å²) in [5, 5.41) is 5.77. The van der Waals surface area contributed by atoms with Crippen LogP contribution in [0.4, 0.5) is 0 Å². The van der Waals surface area contributed by atoms with Gasteiger partial charge in [0.2, 0.25) is 5.91 Å². The molecule has 1 N–H and O–H groups in total. The number of carbonyl (C=O) groups excluding carboxylic acids is 1. The van der Waals surface area contributed by atoms with E-state index in [-0.39, 0.29) is 11.8 Å². The molecular weight excluding hydrogens is 408 g/mol. The molecule has 1 atom stereocenters. The summed E-state index contributed by atoms with van der Waals surface area (Å²) >= 11 is 0. The molecule has 1 aliphatic heterocycles. The van der Waals surface area contributed by atoms with Gasteiger partial charge in [0.25, 0.3) is 0 Å². The van der Waals surface area contributed by atoms with Crippen LogP contribution in [0.2, 0.25) is 0 Å². The van der Waals surface area contributed by atoms with Gasteiger partial charge in [-0.3, -0.25) is 9.69 Å². The van der Waals surface area contributed by atoms with Gasteiger partial charge in [-0.1, -0.05) is 66.7 Å². The number of benzene rings is 3. The Bertz CT molecular complexity index is 1210. The summed E-state index contributed by atoms with van der Waals surface area (Å²) in [5.74, 6) is 0.209. The fraction of sp³-hybridized carbons (Fsp3) is 0.286. The van der Waals surface area contributed by atoms with Gasteiger partial charge in [0.1, 0.15) is 0 Å². The largest absolute Gasteiger partial charge is 0.352 e. The first-order chi connectivity index (χ1) is 16.2. The van der Waals surface area contributed by atoms with Gasteiger partial charge in [0.15, 0.2) is 0 Å². The van der Waals surface area contributed by atoms with Crippen molar-refractivity contribution in [2.45, 2.75) is 32.5 Å². The molecule has 5 heteroatoms. The molecule has 1 saturated heterocycles. The third-order valence-corrected chi connectivity index (χ3v) is 6.53. The molecule has 3 aromatic carbocycles. The number of fused-ring (bicyclic) bond motifs is 1. The first-order valence-corrected chi connectivity index (χ1v) is 11.7. The molecule has 5 nitrogen and oxygen atoms in total. The Hall–Kier alpha value is -3.44. The molecule has 0 saturated carbocycles. The highest BCUT2D eigenvalue weighted by Gasteiger charge is 2.25. The zero-order valence-corrected chi connectivity index (χ0v) is 18.9. The maximum absolute atomic E-state index is 13.0. The van der Waals surface area contributed by atoms with E-state index in [1.54, 1.807) is 6.20 Å². The van der Waals surface area contributed by atoms with Crippen LogP contribution in [0.15, 0.2) is 85.5 Å². The van der Waals surface area contributed by atoms with Gasteiger partial charge in [0, 0.05) is 38.6 Å². The van der Waals surface area contributed by atoms with E-state index in [2.05, 4.69) is 81.9 Å². The normalized spacial score (nSPS) is 16.7. The number of nitrogens with one attached hydrogen (secondary N) is 1. The van der Waals surface area contributed by atoms with Crippen LogP contribution < -0.4 is 5.32 Å². The highest BCUT2D eigenvalue weighted by atomic mass is 16.1. The Morgan fingerprint density at radius 1 is 1.00 bits per heavy atom. The van der Waals surface area contributed by atoms with Crippen LogP contribution in [0.5, 0.6) is 0 Å². The van der Waals surface area contributed by atoms with Crippen LogP contribution in [-0.2, 0) is 24.4 Å². The van der Waals surface area contributed by atoms with E-state index in [1.165, 1.54) is 21.9 Å². The number of likely N-dealkylation sites (tertiary alicyclic amines) is 1. The molecule has 1 aliphatic rings. The number of carbonyl (C=O) groups is 1. The molecule has 1 aromatic heterocycles. The third kappa shape index (κ3) is 5.32. The van der Waals surface area contributed by atoms with E-state index in [4.69, 9.17) is 0 Å². The minimum Gasteiger partial charge on any atom is -0.352 e. The number of rotatable bonds is 7. The molecule has 0 spiro atoms. The van der Waals surface area contributed by atoms with Crippen molar-refractivity contribution in [3.63, 3.8) is 0 Å². The van der Waals surface area contributed by atoms with Crippen LogP contribution in [0.25, 0.3) is 10.8 Å². The number of piperidine rings is 1. The molecule has 0 bridgehead atoms. The Kier molecular flexibility index (Phi) is 6.49. The highest BCUT2D eigenvalue weighted by molar-refractivity contribution is 5.85. The fourth-order valence-electron chi connectivity index (χ4n) is 4.85. The average molecular weight is 439 g/mol. The minimum atomic E-state index is 0.0443. The number of hydrogen-bond donors (Lipinski definition) is 1. The first kappa shape index (κ1) is 21.4. The molecule has 0 radical (unpaired) electrons. The molecule has 33 heavy (non-hydrogen) atoms. The quantitative estimate of drug-likeness (QED) is 0.458. The first-order valence-electron chi connectivity index (χ1n) is 11.7. The second-order valence-electron chi connectivity index (χ2n) is 8.99. The maximum atomic E-state index is 13.0. The molecular formula is C28H30N4O. The summed E-state index contributed by atoms with van der Waals surface area (Å²) in [5.41, 5.74) is 3.67. The second-order valence-corrected chi connectivity index (χ2v) is 8.99. The lowest BCUT2D eigenvalue weighted by Gasteiger charge is -2.32. The van der Waals surface area contributed by atoms with Crippen LogP contribution in [0.3, 0.4) is 0 Å². The monoisotopic (exact) mass is 438 g/mol. The molecule has 1 fully saturated rings. The van der Waals surface area contributed by atoms with Gasteiger partial charge >= 0.3 is 0 Å².